The molecule has 110 valence electrons. The molecule has 0 aromatic carbocycles. The molecule has 0 atom stereocenters. The number of carbonyl (C=O) groups excluding carboxylic acids is 1. The summed E-state index contributed by atoms with van der Waals surface area (Å²) in [5.74, 6) is 2.00. The SMILES string of the molecule is O=C(CSCCN1CCOCC1)Nc1ccc(Br)cn1. The van der Waals surface area contributed by atoms with Crippen LogP contribution in [0.5, 0.6) is 0 Å². The Hall–Kier alpha value is -0.630. The van der Waals surface area contributed by atoms with Gasteiger partial charge in [0.15, 0.2) is 0 Å². The van der Waals surface area contributed by atoms with Crippen molar-refractivity contribution in [2.75, 3.05) is 49.7 Å². The van der Waals surface area contributed by atoms with Gasteiger partial charge in [0.1, 0.15) is 5.82 Å². The van der Waals surface area contributed by atoms with Gasteiger partial charge in [0.2, 0.25) is 5.91 Å². The Labute approximate surface area is 131 Å². The zero-order chi connectivity index (χ0) is 14.2. The van der Waals surface area contributed by atoms with E-state index in [2.05, 4.69) is 31.1 Å². The molecule has 1 aromatic rings. The predicted octanol–water partition coefficient (Wildman–Crippen LogP) is 1.85. The summed E-state index contributed by atoms with van der Waals surface area (Å²) in [6.45, 7) is 4.64. The third-order valence-corrected chi connectivity index (χ3v) is 4.29. The molecule has 1 fully saturated rings. The van der Waals surface area contributed by atoms with Crippen LogP contribution < -0.4 is 5.32 Å². The van der Waals surface area contributed by atoms with E-state index < -0.39 is 0 Å². The van der Waals surface area contributed by atoms with Gasteiger partial charge < -0.3 is 10.1 Å². The van der Waals surface area contributed by atoms with Gasteiger partial charge in [0.05, 0.1) is 19.0 Å². The van der Waals surface area contributed by atoms with E-state index in [1.54, 1.807) is 24.0 Å². The zero-order valence-electron chi connectivity index (χ0n) is 11.2. The van der Waals surface area contributed by atoms with Gasteiger partial charge in [-0.15, -0.1) is 0 Å². The first kappa shape index (κ1) is 15.8. The molecule has 1 N–H and O–H groups in total. The monoisotopic (exact) mass is 359 g/mol. The first-order chi connectivity index (χ1) is 9.74. The third kappa shape index (κ3) is 5.78. The van der Waals surface area contributed by atoms with Gasteiger partial charge in [-0.25, -0.2) is 4.98 Å². The van der Waals surface area contributed by atoms with Crippen molar-refractivity contribution in [2.45, 2.75) is 0 Å². The number of amides is 1. The summed E-state index contributed by atoms with van der Waals surface area (Å²) in [7, 11) is 0. The molecule has 1 saturated heterocycles. The molecule has 1 aliphatic rings. The second kappa shape index (κ2) is 8.61. The molecule has 1 amide bonds. The normalized spacial score (nSPS) is 16.1. The first-order valence-electron chi connectivity index (χ1n) is 6.53. The van der Waals surface area contributed by atoms with Crippen LogP contribution in [0.25, 0.3) is 0 Å². The number of carbonyl (C=O) groups is 1. The lowest BCUT2D eigenvalue weighted by atomic mass is 10.4. The summed E-state index contributed by atoms with van der Waals surface area (Å²) < 4.78 is 6.19. The van der Waals surface area contributed by atoms with Crippen LogP contribution in [0.1, 0.15) is 0 Å². The van der Waals surface area contributed by atoms with Crippen molar-refractivity contribution in [1.29, 1.82) is 0 Å². The summed E-state index contributed by atoms with van der Waals surface area (Å²) in [5.41, 5.74) is 0. The number of nitrogens with zero attached hydrogens (tertiary/aromatic N) is 2. The second-order valence-corrected chi connectivity index (χ2v) is 6.44. The summed E-state index contributed by atoms with van der Waals surface area (Å²) in [6.07, 6.45) is 1.67. The fraction of sp³-hybridized carbons (Fsp3) is 0.538. The van der Waals surface area contributed by atoms with Gasteiger partial charge in [-0.1, -0.05) is 0 Å². The van der Waals surface area contributed by atoms with E-state index in [1.165, 1.54) is 0 Å². The van der Waals surface area contributed by atoms with E-state index in [9.17, 15) is 4.79 Å². The zero-order valence-corrected chi connectivity index (χ0v) is 13.6. The summed E-state index contributed by atoms with van der Waals surface area (Å²) in [6, 6.07) is 3.63. The van der Waals surface area contributed by atoms with Gasteiger partial charge >= 0.3 is 0 Å². The van der Waals surface area contributed by atoms with Gasteiger partial charge in [-0.05, 0) is 28.1 Å². The van der Waals surface area contributed by atoms with Crippen LogP contribution in [0, 0.1) is 0 Å². The van der Waals surface area contributed by atoms with Crippen molar-refractivity contribution >= 4 is 39.4 Å². The molecule has 2 heterocycles. The molecule has 0 radical (unpaired) electrons. The number of morpholine rings is 1. The van der Waals surface area contributed by atoms with Crippen LogP contribution in [0.2, 0.25) is 0 Å². The predicted molar refractivity (Wildman–Crippen MR) is 85.2 cm³/mol. The Morgan fingerprint density at radius 3 is 2.95 bits per heavy atom. The molecular weight excluding hydrogens is 342 g/mol. The molecule has 7 heteroatoms. The summed E-state index contributed by atoms with van der Waals surface area (Å²) in [5, 5.41) is 2.78. The Morgan fingerprint density at radius 2 is 2.25 bits per heavy atom. The average Bonchev–Trinajstić information content (AvgIpc) is 2.47. The highest BCUT2D eigenvalue weighted by atomic mass is 79.9. The number of hydrogen-bond acceptors (Lipinski definition) is 5. The molecule has 5 nitrogen and oxygen atoms in total. The van der Waals surface area contributed by atoms with Gasteiger partial charge in [-0.3, -0.25) is 9.69 Å². The number of ether oxygens (including phenoxy) is 1. The maximum atomic E-state index is 11.7. The van der Waals surface area contributed by atoms with E-state index in [0.717, 1.165) is 43.1 Å². The number of pyridine rings is 1. The Morgan fingerprint density at radius 1 is 1.45 bits per heavy atom. The van der Waals surface area contributed by atoms with Gasteiger partial charge in [-0.2, -0.15) is 11.8 Å². The molecule has 0 bridgehead atoms. The van der Waals surface area contributed by atoms with Crippen LogP contribution in [0.3, 0.4) is 0 Å². The fourth-order valence-corrected chi connectivity index (χ4v) is 2.84. The average molecular weight is 360 g/mol. The molecular formula is C13H18BrN3O2S. The maximum Gasteiger partial charge on any atom is 0.235 e. The number of halogens is 1. The number of thioether (sulfide) groups is 1. The Balaban J connectivity index is 1.59. The van der Waals surface area contributed by atoms with E-state index in [-0.39, 0.29) is 5.91 Å². The van der Waals surface area contributed by atoms with E-state index in [0.29, 0.717) is 11.6 Å². The van der Waals surface area contributed by atoms with Crippen molar-refractivity contribution < 1.29 is 9.53 Å². The molecule has 0 aliphatic carbocycles. The Kier molecular flexibility index (Phi) is 6.78. The lowest BCUT2D eigenvalue weighted by Crippen LogP contribution is -2.37. The minimum atomic E-state index is -0.00759. The van der Waals surface area contributed by atoms with Crippen LogP contribution in [-0.2, 0) is 9.53 Å². The van der Waals surface area contributed by atoms with Crippen LogP contribution >= 0.6 is 27.7 Å². The number of anilines is 1. The van der Waals surface area contributed by atoms with E-state index in [1.807, 2.05) is 6.07 Å². The standard InChI is InChI=1S/C13H18BrN3O2S/c14-11-1-2-12(15-9-11)16-13(18)10-20-8-5-17-3-6-19-7-4-17/h1-2,9H,3-8,10H2,(H,15,16,18). The Bertz CT molecular complexity index is 424. The molecule has 1 aromatic heterocycles. The smallest absolute Gasteiger partial charge is 0.235 e. The van der Waals surface area contributed by atoms with Crippen LogP contribution in [0.15, 0.2) is 22.8 Å². The van der Waals surface area contributed by atoms with Crippen molar-refractivity contribution in [3.63, 3.8) is 0 Å². The highest BCUT2D eigenvalue weighted by Gasteiger charge is 2.10. The van der Waals surface area contributed by atoms with Crippen molar-refractivity contribution in [3.05, 3.63) is 22.8 Å². The maximum absolute atomic E-state index is 11.7. The van der Waals surface area contributed by atoms with Crippen molar-refractivity contribution in [2.24, 2.45) is 0 Å². The molecule has 0 spiro atoms. The van der Waals surface area contributed by atoms with E-state index in [4.69, 9.17) is 4.74 Å². The minimum Gasteiger partial charge on any atom is -0.379 e. The first-order valence-corrected chi connectivity index (χ1v) is 8.48. The minimum absolute atomic E-state index is 0.00759. The van der Waals surface area contributed by atoms with E-state index >= 15 is 0 Å². The number of aromatic nitrogens is 1. The third-order valence-electron chi connectivity index (χ3n) is 2.88. The number of hydrogen-bond donors (Lipinski definition) is 1. The fourth-order valence-electron chi connectivity index (χ4n) is 1.81. The largest absolute Gasteiger partial charge is 0.379 e. The quantitative estimate of drug-likeness (QED) is 0.785. The lowest BCUT2D eigenvalue weighted by Gasteiger charge is -2.26. The van der Waals surface area contributed by atoms with Gasteiger partial charge in [0, 0.05) is 36.1 Å². The van der Waals surface area contributed by atoms with Crippen molar-refractivity contribution in [1.82, 2.24) is 9.88 Å². The summed E-state index contributed by atoms with van der Waals surface area (Å²) in [4.78, 5) is 18.2. The van der Waals surface area contributed by atoms with Gasteiger partial charge in [0.25, 0.3) is 0 Å². The molecule has 0 unspecified atom stereocenters. The topological polar surface area (TPSA) is 54.5 Å². The highest BCUT2D eigenvalue weighted by Crippen LogP contribution is 2.11. The van der Waals surface area contributed by atoms with Crippen LogP contribution in [-0.4, -0.2) is 60.1 Å². The second-order valence-electron chi connectivity index (χ2n) is 4.42. The molecule has 0 saturated carbocycles. The molecule has 2 rings (SSSR count). The van der Waals surface area contributed by atoms with Crippen LogP contribution in [0.4, 0.5) is 5.82 Å². The molecule has 1 aliphatic heterocycles. The number of rotatable bonds is 6. The van der Waals surface area contributed by atoms with Crippen molar-refractivity contribution in [3.8, 4) is 0 Å². The molecule has 20 heavy (non-hydrogen) atoms. The lowest BCUT2D eigenvalue weighted by molar-refractivity contribution is -0.113. The highest BCUT2D eigenvalue weighted by molar-refractivity contribution is 9.10. The number of nitrogens with one attached hydrogen (secondary N) is 1. The summed E-state index contributed by atoms with van der Waals surface area (Å²) >= 11 is 4.95.